The highest BCUT2D eigenvalue weighted by atomic mass is 16.2. The van der Waals surface area contributed by atoms with Gasteiger partial charge in [-0.2, -0.15) is 0 Å². The van der Waals surface area contributed by atoms with Gasteiger partial charge in [0.25, 0.3) is 0 Å². The van der Waals surface area contributed by atoms with Crippen LogP contribution in [0.5, 0.6) is 0 Å². The van der Waals surface area contributed by atoms with Gasteiger partial charge in [-0.3, -0.25) is 9.59 Å². The summed E-state index contributed by atoms with van der Waals surface area (Å²) in [6, 6.07) is 0. The molecule has 2 nitrogen and oxygen atoms in total. The van der Waals surface area contributed by atoms with Crippen LogP contribution < -0.4 is 0 Å². The number of carbonyl (C=O) groups is 2. The van der Waals surface area contributed by atoms with Crippen LogP contribution >= 0.6 is 0 Å². The summed E-state index contributed by atoms with van der Waals surface area (Å²) in [4.78, 5) is 23.3. The molecule has 0 atom stereocenters. The van der Waals surface area contributed by atoms with Crippen LogP contribution in [0.15, 0.2) is 12.7 Å². The van der Waals surface area contributed by atoms with Gasteiger partial charge in [-0.15, -0.1) is 6.58 Å². The molecule has 84 valence electrons. The summed E-state index contributed by atoms with van der Waals surface area (Å²) in [5, 5.41) is 0. The van der Waals surface area contributed by atoms with Gasteiger partial charge in [-0.25, -0.2) is 0 Å². The first-order chi connectivity index (χ1) is 6.96. The molecule has 0 heterocycles. The van der Waals surface area contributed by atoms with Gasteiger partial charge in [-0.1, -0.05) is 19.9 Å². The fourth-order valence-electron chi connectivity index (χ4n) is 2.22. The highest BCUT2D eigenvalue weighted by Gasteiger charge is 2.34. The average Bonchev–Trinajstić information content (AvgIpc) is 2.11. The minimum absolute atomic E-state index is 0.00900. The molecule has 0 aromatic rings. The van der Waals surface area contributed by atoms with Gasteiger partial charge < -0.3 is 0 Å². The highest BCUT2D eigenvalue weighted by Crippen LogP contribution is 2.33. The van der Waals surface area contributed by atoms with E-state index in [0.29, 0.717) is 19.3 Å². The lowest BCUT2D eigenvalue weighted by atomic mass is 9.74. The zero-order valence-electron chi connectivity index (χ0n) is 9.71. The molecule has 2 heteroatoms. The van der Waals surface area contributed by atoms with E-state index < -0.39 is 0 Å². The number of ketones is 2. The Morgan fingerprint density at radius 2 is 1.87 bits per heavy atom. The van der Waals surface area contributed by atoms with E-state index in [2.05, 4.69) is 20.4 Å². The monoisotopic (exact) mass is 208 g/mol. The second-order valence-electron chi connectivity index (χ2n) is 5.20. The van der Waals surface area contributed by atoms with Crippen LogP contribution in [0.2, 0.25) is 0 Å². The molecule has 0 saturated heterocycles. The van der Waals surface area contributed by atoms with Crippen LogP contribution in [0.25, 0.3) is 0 Å². The zero-order valence-corrected chi connectivity index (χ0v) is 9.71. The molecule has 15 heavy (non-hydrogen) atoms. The van der Waals surface area contributed by atoms with E-state index in [0.717, 1.165) is 12.8 Å². The lowest BCUT2D eigenvalue weighted by molar-refractivity contribution is -0.136. The van der Waals surface area contributed by atoms with Crippen LogP contribution in [-0.4, -0.2) is 11.6 Å². The van der Waals surface area contributed by atoms with Crippen molar-refractivity contribution in [1.29, 1.82) is 0 Å². The molecule has 1 rings (SSSR count). The molecule has 1 fully saturated rings. The number of carbonyl (C=O) groups excluding carboxylic acids is 2. The maximum Gasteiger partial charge on any atom is 0.143 e. The van der Waals surface area contributed by atoms with Crippen molar-refractivity contribution in [3.05, 3.63) is 12.7 Å². The minimum atomic E-state index is -0.339. The lowest BCUT2D eigenvalue weighted by Crippen LogP contribution is -2.32. The van der Waals surface area contributed by atoms with E-state index in [-0.39, 0.29) is 22.9 Å². The number of hydrogen-bond donors (Lipinski definition) is 0. The van der Waals surface area contributed by atoms with Gasteiger partial charge in [0.05, 0.1) is 5.92 Å². The molecule has 0 aromatic heterocycles. The summed E-state index contributed by atoms with van der Waals surface area (Å²) < 4.78 is 0. The second-order valence-corrected chi connectivity index (χ2v) is 5.20. The van der Waals surface area contributed by atoms with Gasteiger partial charge in [0, 0.05) is 12.8 Å². The Labute approximate surface area is 91.7 Å². The Morgan fingerprint density at radius 3 is 2.33 bits per heavy atom. The molecular weight excluding hydrogens is 188 g/mol. The van der Waals surface area contributed by atoms with E-state index in [1.54, 1.807) is 0 Å². The number of rotatable bonds is 4. The first-order valence-corrected chi connectivity index (χ1v) is 5.62. The third-order valence-electron chi connectivity index (χ3n) is 3.08. The van der Waals surface area contributed by atoms with Crippen LogP contribution in [0, 0.1) is 11.3 Å². The van der Waals surface area contributed by atoms with Gasteiger partial charge in [0.2, 0.25) is 0 Å². The fourth-order valence-corrected chi connectivity index (χ4v) is 2.22. The third kappa shape index (κ3) is 3.29. The summed E-state index contributed by atoms with van der Waals surface area (Å²) >= 11 is 0. The summed E-state index contributed by atoms with van der Waals surface area (Å²) in [6.07, 6.45) is 5.30. The Morgan fingerprint density at radius 1 is 1.33 bits per heavy atom. The zero-order chi connectivity index (χ0) is 11.5. The van der Waals surface area contributed by atoms with Crippen molar-refractivity contribution in [3.63, 3.8) is 0 Å². The Hall–Kier alpha value is -0.920. The number of hydrogen-bond acceptors (Lipinski definition) is 2. The Balaban J connectivity index is 2.65. The molecule has 0 unspecified atom stereocenters. The molecule has 0 spiro atoms. The normalized spacial score (nSPS) is 19.3. The van der Waals surface area contributed by atoms with Gasteiger partial charge in [0.15, 0.2) is 0 Å². The second kappa shape index (κ2) is 4.73. The van der Waals surface area contributed by atoms with E-state index in [1.165, 1.54) is 0 Å². The molecular formula is C13H20O2. The molecule has 1 aliphatic rings. The molecule has 0 aromatic carbocycles. The topological polar surface area (TPSA) is 34.1 Å². The quantitative estimate of drug-likeness (QED) is 0.526. The van der Waals surface area contributed by atoms with Crippen molar-refractivity contribution in [2.45, 2.75) is 46.0 Å². The highest BCUT2D eigenvalue weighted by molar-refractivity contribution is 6.04. The van der Waals surface area contributed by atoms with Gasteiger partial charge >= 0.3 is 0 Å². The predicted molar refractivity (Wildman–Crippen MR) is 60.6 cm³/mol. The maximum absolute atomic E-state index is 11.6. The molecule has 0 radical (unpaired) electrons. The van der Waals surface area contributed by atoms with Crippen LogP contribution in [-0.2, 0) is 9.59 Å². The van der Waals surface area contributed by atoms with Crippen molar-refractivity contribution in [2.75, 3.05) is 0 Å². The van der Waals surface area contributed by atoms with Crippen molar-refractivity contribution in [3.8, 4) is 0 Å². The van der Waals surface area contributed by atoms with Crippen LogP contribution in [0.3, 0.4) is 0 Å². The van der Waals surface area contributed by atoms with Crippen LogP contribution in [0.4, 0.5) is 0 Å². The fraction of sp³-hybridized carbons (Fsp3) is 0.692. The molecule has 1 aliphatic carbocycles. The summed E-state index contributed by atoms with van der Waals surface area (Å²) in [5.41, 5.74) is 0.00900. The number of Topliss-reactive ketones (excluding diaryl/α,β-unsaturated/α-hetero) is 2. The van der Waals surface area contributed by atoms with E-state index in [4.69, 9.17) is 0 Å². The smallest absolute Gasteiger partial charge is 0.143 e. The van der Waals surface area contributed by atoms with Crippen molar-refractivity contribution in [1.82, 2.24) is 0 Å². The molecule has 0 amide bonds. The summed E-state index contributed by atoms with van der Waals surface area (Å²) in [6.45, 7) is 7.88. The summed E-state index contributed by atoms with van der Waals surface area (Å²) in [5.74, 6) is -0.0551. The van der Waals surface area contributed by atoms with E-state index in [1.807, 2.05) is 6.08 Å². The molecule has 1 saturated carbocycles. The van der Waals surface area contributed by atoms with Crippen molar-refractivity contribution in [2.24, 2.45) is 11.3 Å². The lowest BCUT2D eigenvalue weighted by Gasteiger charge is -2.29. The predicted octanol–water partition coefficient (Wildman–Crippen LogP) is 2.92. The SMILES string of the molecule is C=CCC(C)(C)CC1C(=O)CCCC1=O. The van der Waals surface area contributed by atoms with Gasteiger partial charge in [0.1, 0.15) is 11.6 Å². The average molecular weight is 208 g/mol. The van der Waals surface area contributed by atoms with Gasteiger partial charge in [-0.05, 0) is 24.7 Å². The number of allylic oxidation sites excluding steroid dienone is 1. The standard InChI is InChI=1S/C13H20O2/c1-4-8-13(2,3)9-10-11(14)6-5-7-12(10)15/h4,10H,1,5-9H2,2-3H3. The van der Waals surface area contributed by atoms with E-state index in [9.17, 15) is 9.59 Å². The summed E-state index contributed by atoms with van der Waals surface area (Å²) in [7, 11) is 0. The Kier molecular flexibility index (Phi) is 3.83. The third-order valence-corrected chi connectivity index (χ3v) is 3.08. The Bertz CT molecular complexity index is 260. The van der Waals surface area contributed by atoms with Crippen molar-refractivity contribution < 1.29 is 9.59 Å². The molecule has 0 aliphatic heterocycles. The first kappa shape index (κ1) is 12.2. The molecule has 0 N–H and O–H groups in total. The maximum atomic E-state index is 11.6. The molecule has 0 bridgehead atoms. The first-order valence-electron chi connectivity index (χ1n) is 5.62. The van der Waals surface area contributed by atoms with Crippen molar-refractivity contribution >= 4 is 11.6 Å². The minimum Gasteiger partial charge on any atom is -0.299 e. The van der Waals surface area contributed by atoms with E-state index >= 15 is 0 Å². The largest absolute Gasteiger partial charge is 0.299 e. The van der Waals surface area contributed by atoms with Crippen LogP contribution in [0.1, 0.15) is 46.0 Å².